The van der Waals surface area contributed by atoms with Gasteiger partial charge in [-0.2, -0.15) is 0 Å². The zero-order valence-corrected chi connectivity index (χ0v) is 11.5. The molecular formula is C16H20N2O. The lowest BCUT2D eigenvalue weighted by Crippen LogP contribution is -2.14. The molecular weight excluding hydrogens is 236 g/mol. The second kappa shape index (κ2) is 6.90. The predicted molar refractivity (Wildman–Crippen MR) is 77.4 cm³/mol. The number of ether oxygens (including phenoxy) is 1. The van der Waals surface area contributed by atoms with E-state index in [1.165, 1.54) is 11.1 Å². The molecule has 0 saturated heterocycles. The lowest BCUT2D eigenvalue weighted by molar-refractivity contribution is 0.315. The molecule has 0 spiro atoms. The summed E-state index contributed by atoms with van der Waals surface area (Å²) >= 11 is 0. The van der Waals surface area contributed by atoms with Gasteiger partial charge >= 0.3 is 0 Å². The fourth-order valence-corrected chi connectivity index (χ4v) is 1.95. The molecule has 0 aliphatic rings. The third kappa shape index (κ3) is 3.80. The van der Waals surface area contributed by atoms with Gasteiger partial charge in [-0.25, -0.2) is 0 Å². The molecule has 1 unspecified atom stereocenters. The maximum atomic E-state index is 5.90. The summed E-state index contributed by atoms with van der Waals surface area (Å²) in [5.74, 6) is 0.952. The third-order valence-corrected chi connectivity index (χ3v) is 3.19. The Morgan fingerprint density at radius 2 is 2.05 bits per heavy atom. The van der Waals surface area contributed by atoms with Crippen LogP contribution in [0.15, 0.2) is 48.8 Å². The molecule has 1 aromatic heterocycles. The predicted octanol–water partition coefficient (Wildman–Crippen LogP) is 2.98. The molecule has 3 heteroatoms. The summed E-state index contributed by atoms with van der Waals surface area (Å²) in [5, 5.41) is 3.24. The highest BCUT2D eigenvalue weighted by atomic mass is 16.5. The molecule has 2 aromatic rings. The van der Waals surface area contributed by atoms with E-state index in [2.05, 4.69) is 29.4 Å². The molecule has 0 aliphatic heterocycles. The Kier molecular flexibility index (Phi) is 4.93. The van der Waals surface area contributed by atoms with Crippen LogP contribution in [-0.2, 0) is 6.42 Å². The number of para-hydroxylation sites is 1. The van der Waals surface area contributed by atoms with Crippen molar-refractivity contribution in [1.82, 2.24) is 10.3 Å². The van der Waals surface area contributed by atoms with Crippen LogP contribution >= 0.6 is 0 Å². The molecule has 1 heterocycles. The summed E-state index contributed by atoms with van der Waals surface area (Å²) in [6.07, 6.45) is 4.54. The molecule has 2 rings (SSSR count). The van der Waals surface area contributed by atoms with Gasteiger partial charge in [-0.3, -0.25) is 4.98 Å². The van der Waals surface area contributed by atoms with E-state index in [1.54, 1.807) is 6.20 Å². The molecule has 19 heavy (non-hydrogen) atoms. The van der Waals surface area contributed by atoms with Crippen LogP contribution in [0, 0.1) is 0 Å². The van der Waals surface area contributed by atoms with Gasteiger partial charge in [0.1, 0.15) is 5.75 Å². The first kappa shape index (κ1) is 13.6. The maximum Gasteiger partial charge on any atom is 0.124 e. The zero-order chi connectivity index (χ0) is 13.5. The van der Waals surface area contributed by atoms with E-state index in [0.717, 1.165) is 12.2 Å². The van der Waals surface area contributed by atoms with Crippen LogP contribution in [0.3, 0.4) is 0 Å². The lowest BCUT2D eigenvalue weighted by atomic mass is 10.1. The Bertz CT molecular complexity index is 499. The molecule has 1 N–H and O–H groups in total. The van der Waals surface area contributed by atoms with Gasteiger partial charge in [0.2, 0.25) is 0 Å². The van der Waals surface area contributed by atoms with Crippen molar-refractivity contribution in [2.24, 2.45) is 0 Å². The van der Waals surface area contributed by atoms with Crippen molar-refractivity contribution in [2.45, 2.75) is 19.4 Å². The van der Waals surface area contributed by atoms with E-state index < -0.39 is 0 Å². The number of hydrogen-bond donors (Lipinski definition) is 1. The van der Waals surface area contributed by atoms with Gasteiger partial charge in [0.15, 0.2) is 0 Å². The van der Waals surface area contributed by atoms with Crippen molar-refractivity contribution < 1.29 is 4.74 Å². The average Bonchev–Trinajstić information content (AvgIpc) is 2.48. The molecule has 0 aliphatic carbocycles. The Morgan fingerprint density at radius 1 is 1.21 bits per heavy atom. The van der Waals surface area contributed by atoms with Crippen molar-refractivity contribution in [3.63, 3.8) is 0 Å². The van der Waals surface area contributed by atoms with Crippen LogP contribution in [0.25, 0.3) is 0 Å². The molecule has 0 radical (unpaired) electrons. The van der Waals surface area contributed by atoms with Crippen molar-refractivity contribution in [2.75, 3.05) is 13.7 Å². The number of pyridine rings is 1. The highest BCUT2D eigenvalue weighted by molar-refractivity contribution is 5.35. The maximum absolute atomic E-state index is 5.90. The molecule has 3 nitrogen and oxygen atoms in total. The van der Waals surface area contributed by atoms with E-state index in [4.69, 9.17) is 4.74 Å². The Labute approximate surface area is 114 Å². The second-order valence-electron chi connectivity index (χ2n) is 4.51. The second-order valence-corrected chi connectivity index (χ2v) is 4.51. The smallest absolute Gasteiger partial charge is 0.124 e. The molecule has 1 aromatic carbocycles. The molecule has 0 amide bonds. The summed E-state index contributed by atoms with van der Waals surface area (Å²) in [7, 11) is 1.96. The minimum absolute atomic E-state index is 0.287. The first-order valence-electron chi connectivity index (χ1n) is 6.59. The first-order chi connectivity index (χ1) is 9.31. The fourth-order valence-electron chi connectivity index (χ4n) is 1.95. The SMILES string of the molecule is CNC(C)c1ccccc1OCCc1cccnc1. The molecule has 100 valence electrons. The number of hydrogen-bond acceptors (Lipinski definition) is 3. The number of benzene rings is 1. The zero-order valence-electron chi connectivity index (χ0n) is 11.5. The highest BCUT2D eigenvalue weighted by Crippen LogP contribution is 2.24. The van der Waals surface area contributed by atoms with Crippen LogP contribution in [0.5, 0.6) is 5.75 Å². The summed E-state index contributed by atoms with van der Waals surface area (Å²) in [6, 6.07) is 12.5. The van der Waals surface area contributed by atoms with Gasteiger partial charge in [0, 0.05) is 30.4 Å². The Hall–Kier alpha value is -1.87. The third-order valence-electron chi connectivity index (χ3n) is 3.19. The standard InChI is InChI=1S/C16H20N2O/c1-13(17-2)15-7-3-4-8-16(15)19-11-9-14-6-5-10-18-12-14/h3-8,10,12-13,17H,9,11H2,1-2H3. The fraction of sp³-hybridized carbons (Fsp3) is 0.312. The number of aromatic nitrogens is 1. The van der Waals surface area contributed by atoms with E-state index in [1.807, 2.05) is 37.5 Å². The van der Waals surface area contributed by atoms with Gasteiger partial charge in [0.25, 0.3) is 0 Å². The van der Waals surface area contributed by atoms with Crippen LogP contribution in [0.2, 0.25) is 0 Å². The normalized spacial score (nSPS) is 12.1. The van der Waals surface area contributed by atoms with Crippen molar-refractivity contribution in [1.29, 1.82) is 0 Å². The summed E-state index contributed by atoms with van der Waals surface area (Å²) in [6.45, 7) is 2.79. The van der Waals surface area contributed by atoms with Crippen molar-refractivity contribution >= 4 is 0 Å². The van der Waals surface area contributed by atoms with Crippen molar-refractivity contribution in [3.05, 3.63) is 59.9 Å². The number of rotatable bonds is 6. The van der Waals surface area contributed by atoms with Crippen molar-refractivity contribution in [3.8, 4) is 5.75 Å². The number of nitrogens with one attached hydrogen (secondary N) is 1. The quantitative estimate of drug-likeness (QED) is 0.862. The van der Waals surface area contributed by atoms with Gasteiger partial charge in [-0.1, -0.05) is 24.3 Å². The van der Waals surface area contributed by atoms with Crippen LogP contribution in [-0.4, -0.2) is 18.6 Å². The van der Waals surface area contributed by atoms with Gasteiger partial charge in [0.05, 0.1) is 6.61 Å². The summed E-state index contributed by atoms with van der Waals surface area (Å²) < 4.78 is 5.90. The van der Waals surface area contributed by atoms with E-state index in [-0.39, 0.29) is 6.04 Å². The minimum Gasteiger partial charge on any atom is -0.493 e. The van der Waals surface area contributed by atoms with Gasteiger partial charge in [-0.05, 0) is 31.7 Å². The molecule has 1 atom stereocenters. The van der Waals surface area contributed by atoms with E-state index in [0.29, 0.717) is 6.61 Å². The summed E-state index contributed by atoms with van der Waals surface area (Å²) in [4.78, 5) is 4.10. The van der Waals surface area contributed by atoms with Crippen LogP contribution in [0.4, 0.5) is 0 Å². The van der Waals surface area contributed by atoms with Gasteiger partial charge < -0.3 is 10.1 Å². The first-order valence-corrected chi connectivity index (χ1v) is 6.59. The molecule has 0 fully saturated rings. The molecule has 0 saturated carbocycles. The highest BCUT2D eigenvalue weighted by Gasteiger charge is 2.08. The van der Waals surface area contributed by atoms with E-state index >= 15 is 0 Å². The number of nitrogens with zero attached hydrogens (tertiary/aromatic N) is 1. The van der Waals surface area contributed by atoms with Gasteiger partial charge in [-0.15, -0.1) is 0 Å². The Balaban J connectivity index is 1.96. The largest absolute Gasteiger partial charge is 0.493 e. The molecule has 0 bridgehead atoms. The Morgan fingerprint density at radius 3 is 2.79 bits per heavy atom. The van der Waals surface area contributed by atoms with Crippen LogP contribution < -0.4 is 10.1 Å². The topological polar surface area (TPSA) is 34.1 Å². The monoisotopic (exact) mass is 256 g/mol. The lowest BCUT2D eigenvalue weighted by Gasteiger charge is -2.16. The van der Waals surface area contributed by atoms with Crippen LogP contribution in [0.1, 0.15) is 24.1 Å². The minimum atomic E-state index is 0.287. The van der Waals surface area contributed by atoms with E-state index in [9.17, 15) is 0 Å². The average molecular weight is 256 g/mol. The summed E-state index contributed by atoms with van der Waals surface area (Å²) in [5.41, 5.74) is 2.39.